The fourth-order valence-electron chi connectivity index (χ4n) is 3.10. The molecule has 2 heterocycles. The molecule has 1 saturated carbocycles. The normalized spacial score (nSPS) is 14.1. The lowest BCUT2D eigenvalue weighted by Gasteiger charge is -2.07. The highest BCUT2D eigenvalue weighted by atomic mass is 35.5. The van der Waals surface area contributed by atoms with Crippen LogP contribution in [0.1, 0.15) is 35.7 Å². The van der Waals surface area contributed by atoms with E-state index in [4.69, 9.17) is 34.8 Å². The zero-order chi connectivity index (χ0) is 22.3. The molecule has 0 unspecified atom stereocenters. The average Bonchev–Trinajstić information content (AvgIpc) is 3.34. The first-order chi connectivity index (χ1) is 14.6. The maximum absolute atomic E-state index is 13.0. The van der Waals surface area contributed by atoms with Crippen LogP contribution in [0.15, 0.2) is 30.5 Å². The quantitative estimate of drug-likeness (QED) is 0.485. The third-order valence-electron chi connectivity index (χ3n) is 4.69. The topological polar surface area (TPSA) is 64.7 Å². The fraction of sp³-hybridized carbons (Fsp3) is 0.316. The summed E-state index contributed by atoms with van der Waals surface area (Å²) in [5.41, 5.74) is 0.210. The second-order valence-corrected chi connectivity index (χ2v) is 8.43. The minimum Gasteiger partial charge on any atom is -0.306 e. The minimum atomic E-state index is -4.57. The molecule has 12 heteroatoms. The Balaban J connectivity index is 1.46. The Kier molecular flexibility index (Phi) is 5.93. The maximum atomic E-state index is 13.0. The Bertz CT molecular complexity index is 1140. The predicted octanol–water partition coefficient (Wildman–Crippen LogP) is 5.62. The summed E-state index contributed by atoms with van der Waals surface area (Å²) < 4.78 is 41.6. The van der Waals surface area contributed by atoms with Gasteiger partial charge in [-0.3, -0.25) is 14.2 Å². The van der Waals surface area contributed by atoms with Crippen molar-refractivity contribution in [2.24, 2.45) is 0 Å². The van der Waals surface area contributed by atoms with Crippen molar-refractivity contribution in [1.29, 1.82) is 0 Å². The minimum absolute atomic E-state index is 0.00889. The highest BCUT2D eigenvalue weighted by Gasteiger charge is 2.38. The molecule has 1 aliphatic carbocycles. The van der Waals surface area contributed by atoms with Crippen LogP contribution in [-0.2, 0) is 24.1 Å². The number of carbonyl (C=O) groups is 1. The Morgan fingerprint density at radius 3 is 2.48 bits per heavy atom. The lowest BCUT2D eigenvalue weighted by atomic mass is 10.2. The number of halogens is 6. The highest BCUT2D eigenvalue weighted by molar-refractivity contribution is 6.42. The molecule has 3 aromatic rings. The van der Waals surface area contributed by atoms with Crippen LogP contribution in [0, 0.1) is 0 Å². The molecule has 31 heavy (non-hydrogen) atoms. The molecule has 1 N–H and O–H groups in total. The van der Waals surface area contributed by atoms with Crippen LogP contribution in [0.25, 0.3) is 0 Å². The van der Waals surface area contributed by atoms with E-state index in [1.54, 1.807) is 18.2 Å². The monoisotopic (exact) mass is 491 g/mol. The van der Waals surface area contributed by atoms with E-state index in [0.717, 1.165) is 29.2 Å². The first kappa shape index (κ1) is 22.0. The second kappa shape index (κ2) is 8.37. The SMILES string of the molecule is O=C(Cn1nc(C(F)(F)F)cc1C1CC1)Nc1nn(Cc2ccc(Cl)c(Cl)c2)cc1Cl. The maximum Gasteiger partial charge on any atom is 0.435 e. The number of rotatable bonds is 6. The number of anilines is 1. The first-order valence-electron chi connectivity index (χ1n) is 9.22. The molecule has 0 spiro atoms. The van der Waals surface area contributed by atoms with Gasteiger partial charge in [0.15, 0.2) is 11.5 Å². The van der Waals surface area contributed by atoms with Crippen molar-refractivity contribution >= 4 is 46.5 Å². The number of aromatic nitrogens is 4. The van der Waals surface area contributed by atoms with E-state index in [1.165, 1.54) is 10.9 Å². The fourth-order valence-corrected chi connectivity index (χ4v) is 3.62. The number of carbonyl (C=O) groups excluding carboxylic acids is 1. The van der Waals surface area contributed by atoms with Crippen molar-refractivity contribution in [2.75, 3.05) is 5.32 Å². The summed E-state index contributed by atoms with van der Waals surface area (Å²) in [6.45, 7) is -0.0513. The zero-order valence-electron chi connectivity index (χ0n) is 15.8. The Morgan fingerprint density at radius 2 is 1.84 bits per heavy atom. The van der Waals surface area contributed by atoms with Gasteiger partial charge in [-0.05, 0) is 36.6 Å². The van der Waals surface area contributed by atoms with Crippen LogP contribution in [0.3, 0.4) is 0 Å². The molecule has 1 fully saturated rings. The smallest absolute Gasteiger partial charge is 0.306 e. The molecule has 164 valence electrons. The van der Waals surface area contributed by atoms with Gasteiger partial charge >= 0.3 is 6.18 Å². The van der Waals surface area contributed by atoms with Gasteiger partial charge in [-0.2, -0.15) is 23.4 Å². The molecular formula is C19H15Cl3F3N5O. The molecule has 2 aromatic heterocycles. The summed E-state index contributed by atoms with van der Waals surface area (Å²) in [4.78, 5) is 12.4. The summed E-state index contributed by atoms with van der Waals surface area (Å²) in [7, 11) is 0. The largest absolute Gasteiger partial charge is 0.435 e. The Morgan fingerprint density at radius 1 is 1.10 bits per heavy atom. The van der Waals surface area contributed by atoms with Gasteiger partial charge in [-0.15, -0.1) is 0 Å². The van der Waals surface area contributed by atoms with E-state index >= 15 is 0 Å². The van der Waals surface area contributed by atoms with E-state index in [0.29, 0.717) is 22.3 Å². The van der Waals surface area contributed by atoms with Crippen LogP contribution in [-0.4, -0.2) is 25.5 Å². The molecule has 1 aliphatic rings. The molecule has 0 atom stereocenters. The standard InChI is InChI=1S/C19H15Cl3F3N5O/c20-12-4-1-10(5-13(12)21)7-29-8-14(22)18(28-29)26-17(31)9-30-15(11-2-3-11)6-16(27-30)19(23,24)25/h1,4-6,8,11H,2-3,7,9H2,(H,26,28,31). The summed E-state index contributed by atoms with van der Waals surface area (Å²) in [6.07, 6.45) is -1.51. The summed E-state index contributed by atoms with van der Waals surface area (Å²) >= 11 is 18.1. The Labute approximate surface area is 189 Å². The number of alkyl halides is 3. The van der Waals surface area contributed by atoms with Gasteiger partial charge in [0.25, 0.3) is 0 Å². The summed E-state index contributed by atoms with van der Waals surface area (Å²) in [6, 6.07) is 6.12. The number of benzene rings is 1. The van der Waals surface area contributed by atoms with Crippen molar-refractivity contribution in [3.63, 3.8) is 0 Å². The van der Waals surface area contributed by atoms with E-state index in [9.17, 15) is 18.0 Å². The van der Waals surface area contributed by atoms with Crippen LogP contribution in [0.2, 0.25) is 15.1 Å². The van der Waals surface area contributed by atoms with Crippen LogP contribution in [0.5, 0.6) is 0 Å². The van der Waals surface area contributed by atoms with E-state index in [2.05, 4.69) is 15.5 Å². The molecule has 1 aromatic carbocycles. The summed E-state index contributed by atoms with van der Waals surface area (Å²) in [5.74, 6) is -0.492. The van der Waals surface area contributed by atoms with Crippen LogP contribution in [0.4, 0.5) is 19.0 Å². The third-order valence-corrected chi connectivity index (χ3v) is 5.71. The number of nitrogens with zero attached hydrogens (tertiary/aromatic N) is 4. The van der Waals surface area contributed by atoms with Crippen LogP contribution < -0.4 is 5.32 Å². The van der Waals surface area contributed by atoms with Gasteiger partial charge < -0.3 is 5.32 Å². The van der Waals surface area contributed by atoms with Gasteiger partial charge in [0, 0.05) is 17.8 Å². The van der Waals surface area contributed by atoms with E-state index < -0.39 is 17.8 Å². The molecule has 1 amide bonds. The molecule has 6 nitrogen and oxygen atoms in total. The Hall–Kier alpha value is -2.23. The van der Waals surface area contributed by atoms with Gasteiger partial charge in [-0.1, -0.05) is 40.9 Å². The molecule has 0 saturated heterocycles. The summed E-state index contributed by atoms with van der Waals surface area (Å²) in [5, 5.41) is 11.3. The number of amides is 1. The molecule has 4 rings (SSSR count). The average molecular weight is 493 g/mol. The number of hydrogen-bond acceptors (Lipinski definition) is 3. The second-order valence-electron chi connectivity index (χ2n) is 7.20. The van der Waals surface area contributed by atoms with Crippen molar-refractivity contribution in [3.8, 4) is 0 Å². The van der Waals surface area contributed by atoms with Gasteiger partial charge in [0.1, 0.15) is 11.6 Å². The zero-order valence-corrected chi connectivity index (χ0v) is 18.0. The predicted molar refractivity (Wildman–Crippen MR) is 111 cm³/mol. The van der Waals surface area contributed by atoms with Crippen LogP contribution >= 0.6 is 34.8 Å². The lowest BCUT2D eigenvalue weighted by Crippen LogP contribution is -2.21. The molecule has 0 bridgehead atoms. The van der Waals surface area contributed by atoms with E-state index in [-0.39, 0.29) is 23.3 Å². The van der Waals surface area contributed by atoms with Crippen molar-refractivity contribution in [1.82, 2.24) is 19.6 Å². The van der Waals surface area contributed by atoms with Gasteiger partial charge in [-0.25, -0.2) is 0 Å². The van der Waals surface area contributed by atoms with Crippen molar-refractivity contribution in [2.45, 2.75) is 38.0 Å². The number of nitrogens with one attached hydrogen (secondary N) is 1. The van der Waals surface area contributed by atoms with Gasteiger partial charge in [0.05, 0.1) is 16.6 Å². The molecular weight excluding hydrogens is 478 g/mol. The molecule has 0 radical (unpaired) electrons. The highest BCUT2D eigenvalue weighted by Crippen LogP contribution is 2.42. The van der Waals surface area contributed by atoms with E-state index in [1.807, 2.05) is 0 Å². The third kappa shape index (κ3) is 5.16. The molecule has 0 aliphatic heterocycles. The first-order valence-corrected chi connectivity index (χ1v) is 10.3. The van der Waals surface area contributed by atoms with Crippen molar-refractivity contribution < 1.29 is 18.0 Å². The van der Waals surface area contributed by atoms with Crippen molar-refractivity contribution in [3.05, 3.63) is 62.5 Å². The van der Waals surface area contributed by atoms with Gasteiger partial charge in [0.2, 0.25) is 5.91 Å². The lowest BCUT2D eigenvalue weighted by molar-refractivity contribution is -0.141. The number of hydrogen-bond donors (Lipinski definition) is 1.